The molecular formula is C14H26N4. The molecular weight excluding hydrogens is 224 g/mol. The minimum Gasteiger partial charge on any atom is -0.348 e. The first-order valence-electron chi connectivity index (χ1n) is 7.26. The van der Waals surface area contributed by atoms with Crippen molar-refractivity contribution >= 4 is 0 Å². The highest BCUT2D eigenvalue weighted by Crippen LogP contribution is 2.15. The fourth-order valence-corrected chi connectivity index (χ4v) is 2.47. The molecule has 0 saturated carbocycles. The van der Waals surface area contributed by atoms with Crippen LogP contribution in [0, 0.1) is 5.92 Å². The van der Waals surface area contributed by atoms with Crippen molar-refractivity contribution in [3.05, 3.63) is 18.2 Å². The maximum atomic E-state index is 4.19. The summed E-state index contributed by atoms with van der Waals surface area (Å²) >= 11 is 0. The second-order valence-electron chi connectivity index (χ2n) is 5.44. The van der Waals surface area contributed by atoms with Gasteiger partial charge in [0, 0.05) is 12.4 Å². The van der Waals surface area contributed by atoms with E-state index in [1.807, 2.05) is 6.20 Å². The van der Waals surface area contributed by atoms with Crippen LogP contribution < -0.4 is 5.32 Å². The summed E-state index contributed by atoms with van der Waals surface area (Å²) in [4.78, 5) is 9.91. The van der Waals surface area contributed by atoms with E-state index in [-0.39, 0.29) is 0 Å². The van der Waals surface area contributed by atoms with Gasteiger partial charge in [0.05, 0.1) is 6.54 Å². The Kier molecular flexibility index (Phi) is 5.68. The van der Waals surface area contributed by atoms with Crippen LogP contribution in [-0.2, 0) is 6.54 Å². The number of aromatic amines is 1. The first kappa shape index (κ1) is 13.6. The van der Waals surface area contributed by atoms with E-state index in [0.29, 0.717) is 0 Å². The van der Waals surface area contributed by atoms with Gasteiger partial charge in [-0.05, 0) is 57.8 Å². The molecule has 0 bridgehead atoms. The summed E-state index contributed by atoms with van der Waals surface area (Å²) in [5, 5.41) is 3.42. The van der Waals surface area contributed by atoms with Crippen LogP contribution in [0.5, 0.6) is 0 Å². The molecule has 1 aromatic rings. The van der Waals surface area contributed by atoms with Gasteiger partial charge in [-0.25, -0.2) is 4.98 Å². The number of H-pyrrole nitrogens is 1. The number of imidazole rings is 1. The lowest BCUT2D eigenvalue weighted by Gasteiger charge is -2.30. The molecule has 0 aromatic carbocycles. The Morgan fingerprint density at radius 3 is 2.94 bits per heavy atom. The molecule has 4 nitrogen and oxygen atoms in total. The van der Waals surface area contributed by atoms with Crippen LogP contribution in [0.1, 0.15) is 38.4 Å². The maximum Gasteiger partial charge on any atom is 0.120 e. The summed E-state index contributed by atoms with van der Waals surface area (Å²) in [6.45, 7) is 8.20. The lowest BCUT2D eigenvalue weighted by molar-refractivity contribution is 0.189. The number of rotatable bonds is 7. The predicted molar refractivity (Wildman–Crippen MR) is 74.4 cm³/mol. The third-order valence-corrected chi connectivity index (χ3v) is 3.80. The molecule has 2 heterocycles. The monoisotopic (exact) mass is 250 g/mol. The Hall–Kier alpha value is -0.870. The van der Waals surface area contributed by atoms with Crippen molar-refractivity contribution < 1.29 is 0 Å². The number of nitrogens with one attached hydrogen (secondary N) is 2. The zero-order valence-electron chi connectivity index (χ0n) is 11.5. The highest BCUT2D eigenvalue weighted by atomic mass is 15.1. The van der Waals surface area contributed by atoms with E-state index >= 15 is 0 Å². The van der Waals surface area contributed by atoms with E-state index in [9.17, 15) is 0 Å². The number of hydrogen-bond acceptors (Lipinski definition) is 3. The molecule has 0 spiro atoms. The van der Waals surface area contributed by atoms with Gasteiger partial charge in [-0.2, -0.15) is 0 Å². The summed E-state index contributed by atoms with van der Waals surface area (Å²) in [5.41, 5.74) is 0. The molecule has 102 valence electrons. The van der Waals surface area contributed by atoms with Crippen molar-refractivity contribution in [2.45, 2.75) is 39.2 Å². The molecule has 4 heteroatoms. The van der Waals surface area contributed by atoms with Crippen molar-refractivity contribution in [2.75, 3.05) is 26.2 Å². The molecule has 2 rings (SSSR count). The molecule has 1 aliphatic rings. The van der Waals surface area contributed by atoms with Crippen LogP contribution in [0.15, 0.2) is 12.4 Å². The van der Waals surface area contributed by atoms with E-state index in [4.69, 9.17) is 0 Å². The van der Waals surface area contributed by atoms with Gasteiger partial charge in [0.1, 0.15) is 5.82 Å². The summed E-state index contributed by atoms with van der Waals surface area (Å²) in [6, 6.07) is 0. The van der Waals surface area contributed by atoms with Gasteiger partial charge in [-0.15, -0.1) is 0 Å². The first-order chi connectivity index (χ1) is 8.84. The molecule has 0 atom stereocenters. The van der Waals surface area contributed by atoms with Gasteiger partial charge >= 0.3 is 0 Å². The normalized spacial score (nSPS) is 18.3. The largest absolute Gasteiger partial charge is 0.348 e. The smallest absolute Gasteiger partial charge is 0.120 e. The van der Waals surface area contributed by atoms with Crippen molar-refractivity contribution in [2.24, 2.45) is 5.92 Å². The van der Waals surface area contributed by atoms with Gasteiger partial charge < -0.3 is 15.2 Å². The van der Waals surface area contributed by atoms with Gasteiger partial charge in [0.25, 0.3) is 0 Å². The molecule has 1 aromatic heterocycles. The fraction of sp³-hybridized carbons (Fsp3) is 0.786. The van der Waals surface area contributed by atoms with E-state index in [1.165, 1.54) is 45.3 Å². The quantitative estimate of drug-likeness (QED) is 0.728. The summed E-state index contributed by atoms with van der Waals surface area (Å²) < 4.78 is 0. The number of aromatic nitrogens is 2. The zero-order valence-corrected chi connectivity index (χ0v) is 11.5. The number of piperidine rings is 1. The Bertz CT molecular complexity index is 302. The zero-order chi connectivity index (χ0) is 12.6. The SMILES string of the molecule is CC1CCN(CCCCNCc2ncc[nH]2)CC1. The molecule has 0 radical (unpaired) electrons. The summed E-state index contributed by atoms with van der Waals surface area (Å²) in [5.74, 6) is 1.97. The van der Waals surface area contributed by atoms with Gasteiger partial charge in [0.2, 0.25) is 0 Å². The van der Waals surface area contributed by atoms with E-state index in [1.54, 1.807) is 6.20 Å². The predicted octanol–water partition coefficient (Wildman–Crippen LogP) is 2.01. The van der Waals surface area contributed by atoms with E-state index < -0.39 is 0 Å². The van der Waals surface area contributed by atoms with E-state index in [2.05, 4.69) is 27.1 Å². The number of likely N-dealkylation sites (tertiary alicyclic amines) is 1. The van der Waals surface area contributed by atoms with Crippen LogP contribution in [-0.4, -0.2) is 41.0 Å². The molecule has 0 aliphatic carbocycles. The highest BCUT2D eigenvalue weighted by molar-refractivity contribution is 4.85. The van der Waals surface area contributed by atoms with Crippen LogP contribution >= 0.6 is 0 Å². The molecule has 1 aliphatic heterocycles. The standard InChI is InChI=1S/C14H26N4/c1-13-4-10-18(11-5-13)9-3-2-6-15-12-14-16-7-8-17-14/h7-8,13,15H,2-6,9-12H2,1H3,(H,16,17). The second-order valence-corrected chi connectivity index (χ2v) is 5.44. The number of unbranched alkanes of at least 4 members (excludes halogenated alkanes) is 1. The Labute approximate surface area is 110 Å². The van der Waals surface area contributed by atoms with Crippen molar-refractivity contribution in [3.8, 4) is 0 Å². The minimum absolute atomic E-state index is 0.855. The van der Waals surface area contributed by atoms with Crippen LogP contribution in [0.25, 0.3) is 0 Å². The minimum atomic E-state index is 0.855. The van der Waals surface area contributed by atoms with Crippen LogP contribution in [0.3, 0.4) is 0 Å². The summed E-state index contributed by atoms with van der Waals surface area (Å²) in [6.07, 6.45) is 9.00. The molecule has 1 fully saturated rings. The number of nitrogens with zero attached hydrogens (tertiary/aromatic N) is 2. The van der Waals surface area contributed by atoms with Crippen LogP contribution in [0.2, 0.25) is 0 Å². The Morgan fingerprint density at radius 1 is 1.39 bits per heavy atom. The maximum absolute atomic E-state index is 4.19. The molecule has 2 N–H and O–H groups in total. The Balaban J connectivity index is 1.44. The molecule has 0 unspecified atom stereocenters. The molecule has 18 heavy (non-hydrogen) atoms. The number of hydrogen-bond donors (Lipinski definition) is 2. The van der Waals surface area contributed by atoms with Crippen molar-refractivity contribution in [1.82, 2.24) is 20.2 Å². The Morgan fingerprint density at radius 2 is 2.22 bits per heavy atom. The third-order valence-electron chi connectivity index (χ3n) is 3.80. The lowest BCUT2D eigenvalue weighted by atomic mass is 9.99. The molecule has 1 saturated heterocycles. The highest BCUT2D eigenvalue weighted by Gasteiger charge is 2.14. The van der Waals surface area contributed by atoms with Crippen molar-refractivity contribution in [3.63, 3.8) is 0 Å². The average molecular weight is 250 g/mol. The first-order valence-corrected chi connectivity index (χ1v) is 7.26. The summed E-state index contributed by atoms with van der Waals surface area (Å²) in [7, 11) is 0. The van der Waals surface area contributed by atoms with Gasteiger partial charge in [0.15, 0.2) is 0 Å². The average Bonchev–Trinajstić information content (AvgIpc) is 2.89. The topological polar surface area (TPSA) is 44.0 Å². The van der Waals surface area contributed by atoms with E-state index in [0.717, 1.165) is 24.8 Å². The van der Waals surface area contributed by atoms with Crippen LogP contribution in [0.4, 0.5) is 0 Å². The van der Waals surface area contributed by atoms with Gasteiger partial charge in [-0.1, -0.05) is 6.92 Å². The lowest BCUT2D eigenvalue weighted by Crippen LogP contribution is -2.33. The molecule has 0 amide bonds. The second kappa shape index (κ2) is 7.54. The fourth-order valence-electron chi connectivity index (χ4n) is 2.47. The third kappa shape index (κ3) is 4.78. The van der Waals surface area contributed by atoms with Crippen molar-refractivity contribution in [1.29, 1.82) is 0 Å². The van der Waals surface area contributed by atoms with Gasteiger partial charge in [-0.3, -0.25) is 0 Å².